The molecule has 0 saturated carbocycles. The van der Waals surface area contributed by atoms with Crippen molar-refractivity contribution < 1.29 is 42.9 Å². The van der Waals surface area contributed by atoms with E-state index in [2.05, 4.69) is 13.8 Å². The molecule has 0 amide bonds. The second-order valence-electron chi connectivity index (χ2n) is 20.3. The van der Waals surface area contributed by atoms with Gasteiger partial charge in [0.15, 0.2) is 6.10 Å². The van der Waals surface area contributed by atoms with Crippen LogP contribution in [0.1, 0.15) is 277 Å². The zero-order chi connectivity index (χ0) is 47.0. The van der Waals surface area contributed by atoms with E-state index in [9.17, 15) is 19.5 Å². The summed E-state index contributed by atoms with van der Waals surface area (Å²) in [5.74, 6) is -1.99. The topological polar surface area (TPSA) is 108 Å². The Morgan fingerprint density at radius 1 is 0.406 bits per heavy atom. The Morgan fingerprint density at radius 2 is 0.703 bits per heavy atom. The highest BCUT2D eigenvalue weighted by Gasteiger charge is 2.25. The summed E-state index contributed by atoms with van der Waals surface area (Å²) in [5.41, 5.74) is 0. The van der Waals surface area contributed by atoms with Crippen LogP contribution in [0.15, 0.2) is 0 Å². The molecule has 9 nitrogen and oxygen atoms in total. The van der Waals surface area contributed by atoms with E-state index in [0.717, 1.165) is 38.5 Å². The number of carbonyl (C=O) groups excluding carboxylic acids is 2. The molecule has 64 heavy (non-hydrogen) atoms. The number of quaternary nitrogens is 1. The van der Waals surface area contributed by atoms with Crippen LogP contribution in [0.25, 0.3) is 0 Å². The minimum absolute atomic E-state index is 0.175. The first kappa shape index (κ1) is 62.3. The number of likely N-dealkylation sites (N-methyl/N-ethyl adjacent to an activating group) is 1. The summed E-state index contributed by atoms with van der Waals surface area (Å²) in [4.78, 5) is 37.0. The molecule has 0 fully saturated rings. The highest BCUT2D eigenvalue weighted by Crippen LogP contribution is 2.18. The number of carbonyl (C=O) groups is 3. The molecule has 0 saturated heterocycles. The van der Waals surface area contributed by atoms with Gasteiger partial charge in [-0.15, -0.1) is 0 Å². The lowest BCUT2D eigenvalue weighted by atomic mass is 10.0. The van der Waals surface area contributed by atoms with Gasteiger partial charge in [0.1, 0.15) is 13.2 Å². The average Bonchev–Trinajstić information content (AvgIpc) is 3.26. The van der Waals surface area contributed by atoms with Gasteiger partial charge in [0.25, 0.3) is 6.29 Å². The van der Waals surface area contributed by atoms with E-state index in [-0.39, 0.29) is 38.2 Å². The Kier molecular flexibility index (Phi) is 46.5. The van der Waals surface area contributed by atoms with Gasteiger partial charge in [-0.05, 0) is 12.8 Å². The molecular formula is C55H108NO8+. The van der Waals surface area contributed by atoms with Crippen molar-refractivity contribution in [2.24, 2.45) is 0 Å². The van der Waals surface area contributed by atoms with Crippen LogP contribution in [-0.2, 0) is 33.3 Å². The number of aliphatic carboxylic acids is 1. The van der Waals surface area contributed by atoms with Crippen LogP contribution in [0, 0.1) is 0 Å². The largest absolute Gasteiger partial charge is 0.477 e. The third kappa shape index (κ3) is 48.2. The molecule has 0 aliphatic rings. The summed E-state index contributed by atoms with van der Waals surface area (Å²) in [6, 6.07) is 0. The molecule has 380 valence electrons. The van der Waals surface area contributed by atoms with Crippen molar-refractivity contribution >= 4 is 17.9 Å². The molecular weight excluding hydrogens is 803 g/mol. The fourth-order valence-corrected chi connectivity index (χ4v) is 8.31. The lowest BCUT2D eigenvalue weighted by Crippen LogP contribution is -2.40. The average molecular weight is 911 g/mol. The third-order valence-corrected chi connectivity index (χ3v) is 12.6. The van der Waals surface area contributed by atoms with E-state index in [0.29, 0.717) is 17.4 Å². The number of rotatable bonds is 52. The van der Waals surface area contributed by atoms with Crippen LogP contribution in [0.4, 0.5) is 0 Å². The van der Waals surface area contributed by atoms with Crippen molar-refractivity contribution in [3.63, 3.8) is 0 Å². The predicted molar refractivity (Wildman–Crippen MR) is 268 cm³/mol. The zero-order valence-corrected chi connectivity index (χ0v) is 43.2. The van der Waals surface area contributed by atoms with E-state index < -0.39 is 18.4 Å². The van der Waals surface area contributed by atoms with Crippen molar-refractivity contribution in [3.8, 4) is 0 Å². The molecule has 0 aliphatic heterocycles. The van der Waals surface area contributed by atoms with Crippen molar-refractivity contribution in [3.05, 3.63) is 0 Å². The van der Waals surface area contributed by atoms with E-state index >= 15 is 0 Å². The fraction of sp³-hybridized carbons (Fsp3) is 0.945. The Morgan fingerprint density at radius 3 is 1.00 bits per heavy atom. The fourth-order valence-electron chi connectivity index (χ4n) is 8.31. The standard InChI is InChI=1S/C55H107NO8/c1-6-8-10-12-14-15-16-17-18-19-20-21-22-23-24-25-26-27-28-29-30-31-32-33-34-35-36-37-38-40-42-44-46-53(58)64-51(49-62-52(57)45-43-41-39-13-11-9-7-2)50-63-55(54(59)60)61-48-47-56(3,4)5/h51,55H,6-50H2,1-5H3/p+1. The molecule has 9 heteroatoms. The maximum Gasteiger partial charge on any atom is 0.361 e. The second-order valence-corrected chi connectivity index (χ2v) is 20.3. The first-order chi connectivity index (χ1) is 31.1. The van der Waals surface area contributed by atoms with E-state index in [1.165, 1.54) is 212 Å². The quantitative estimate of drug-likeness (QED) is 0.0278. The maximum absolute atomic E-state index is 12.8. The first-order valence-electron chi connectivity index (χ1n) is 27.7. The van der Waals surface area contributed by atoms with E-state index in [1.54, 1.807) is 0 Å². The van der Waals surface area contributed by atoms with E-state index in [1.807, 2.05) is 21.1 Å². The molecule has 0 radical (unpaired) electrons. The van der Waals surface area contributed by atoms with Gasteiger partial charge in [0.2, 0.25) is 0 Å². The van der Waals surface area contributed by atoms with Crippen LogP contribution in [-0.4, -0.2) is 87.4 Å². The molecule has 0 aromatic heterocycles. The van der Waals surface area contributed by atoms with Crippen LogP contribution >= 0.6 is 0 Å². The molecule has 0 aromatic carbocycles. The Labute approximate surface area is 396 Å². The van der Waals surface area contributed by atoms with Gasteiger partial charge in [-0.2, -0.15) is 0 Å². The Hall–Kier alpha value is -1.71. The predicted octanol–water partition coefficient (Wildman–Crippen LogP) is 15.6. The molecule has 2 atom stereocenters. The number of nitrogens with zero attached hydrogens (tertiary/aromatic N) is 1. The van der Waals surface area contributed by atoms with Crippen LogP contribution in [0.3, 0.4) is 0 Å². The zero-order valence-electron chi connectivity index (χ0n) is 43.2. The number of hydrogen-bond donors (Lipinski definition) is 1. The SMILES string of the molecule is CCCCCCCCCCCCCCCCCCCCCCCCCCCCCCCCCCC(=O)OC(COC(=O)CCCCCCCCC)COC(OCC[N+](C)(C)C)C(=O)O. The van der Waals surface area contributed by atoms with Crippen LogP contribution in [0.5, 0.6) is 0 Å². The van der Waals surface area contributed by atoms with Crippen molar-refractivity contribution in [2.75, 3.05) is 47.5 Å². The second kappa shape index (κ2) is 47.8. The highest BCUT2D eigenvalue weighted by atomic mass is 16.7. The van der Waals surface area contributed by atoms with Gasteiger partial charge >= 0.3 is 17.9 Å². The first-order valence-corrected chi connectivity index (χ1v) is 27.7. The minimum Gasteiger partial charge on any atom is -0.477 e. The summed E-state index contributed by atoms with van der Waals surface area (Å²) in [5, 5.41) is 9.63. The molecule has 0 rings (SSSR count). The number of hydrogen-bond acceptors (Lipinski definition) is 7. The van der Waals surface area contributed by atoms with Gasteiger partial charge in [-0.3, -0.25) is 9.59 Å². The van der Waals surface area contributed by atoms with Crippen molar-refractivity contribution in [1.82, 2.24) is 0 Å². The smallest absolute Gasteiger partial charge is 0.361 e. The number of carboxylic acid groups (broad SMARTS) is 1. The molecule has 1 N–H and O–H groups in total. The number of ether oxygens (including phenoxy) is 4. The van der Waals surface area contributed by atoms with Gasteiger partial charge in [-0.1, -0.05) is 251 Å². The normalized spacial score (nSPS) is 12.7. The summed E-state index contributed by atoms with van der Waals surface area (Å²) in [7, 11) is 5.96. The Balaban J connectivity index is 3.90. The Bertz CT molecular complexity index is 1020. The number of carboxylic acids is 1. The van der Waals surface area contributed by atoms with Gasteiger partial charge in [0.05, 0.1) is 34.4 Å². The highest BCUT2D eigenvalue weighted by molar-refractivity contribution is 5.71. The third-order valence-electron chi connectivity index (χ3n) is 12.6. The minimum atomic E-state index is -1.50. The maximum atomic E-state index is 12.8. The summed E-state index contributed by atoms with van der Waals surface area (Å²) in [6.45, 7) is 4.87. The van der Waals surface area contributed by atoms with Gasteiger partial charge < -0.3 is 28.5 Å². The van der Waals surface area contributed by atoms with Crippen LogP contribution < -0.4 is 0 Å². The van der Waals surface area contributed by atoms with Crippen molar-refractivity contribution in [1.29, 1.82) is 0 Å². The molecule has 0 heterocycles. The van der Waals surface area contributed by atoms with Gasteiger partial charge in [-0.25, -0.2) is 4.79 Å². The molecule has 2 unspecified atom stereocenters. The summed E-state index contributed by atoms with van der Waals surface area (Å²) >= 11 is 0. The lowest BCUT2D eigenvalue weighted by Gasteiger charge is -2.25. The molecule has 0 aromatic rings. The van der Waals surface area contributed by atoms with E-state index in [4.69, 9.17) is 18.9 Å². The lowest BCUT2D eigenvalue weighted by molar-refractivity contribution is -0.870. The summed E-state index contributed by atoms with van der Waals surface area (Å²) in [6.07, 6.45) is 49.5. The van der Waals surface area contributed by atoms with Crippen LogP contribution in [0.2, 0.25) is 0 Å². The number of unbranched alkanes of at least 4 members (excludes halogenated alkanes) is 37. The summed E-state index contributed by atoms with van der Waals surface area (Å²) < 4.78 is 22.7. The molecule has 0 aliphatic carbocycles. The number of esters is 2. The molecule has 0 spiro atoms. The van der Waals surface area contributed by atoms with Crippen molar-refractivity contribution in [2.45, 2.75) is 289 Å². The molecule has 0 bridgehead atoms. The monoisotopic (exact) mass is 911 g/mol. The van der Waals surface area contributed by atoms with Gasteiger partial charge in [0, 0.05) is 12.8 Å².